The maximum Gasteiger partial charge on any atom is 0.105 e. The van der Waals surface area contributed by atoms with E-state index >= 15 is 0 Å². The number of aryl methyl sites for hydroxylation is 2. The SMILES string of the molecule is CCCCCCCCCCCCCCCCCc1ncc[nH]1.Cc1nccn1Cc1ccccc1. The first-order valence-corrected chi connectivity index (χ1v) is 14.3. The minimum absolute atomic E-state index is 0.909. The molecule has 35 heavy (non-hydrogen) atoms. The van der Waals surface area contributed by atoms with Crippen LogP contribution in [-0.2, 0) is 13.0 Å². The third kappa shape index (κ3) is 14.6. The molecule has 0 aliphatic rings. The van der Waals surface area contributed by atoms with Gasteiger partial charge in [-0.15, -0.1) is 0 Å². The predicted octanol–water partition coefficient (Wildman–Crippen LogP) is 9.06. The Morgan fingerprint density at radius 3 is 1.74 bits per heavy atom. The molecule has 4 heteroatoms. The van der Waals surface area contributed by atoms with Gasteiger partial charge in [0, 0.05) is 37.8 Å². The van der Waals surface area contributed by atoms with E-state index in [-0.39, 0.29) is 0 Å². The van der Waals surface area contributed by atoms with Gasteiger partial charge in [-0.2, -0.15) is 0 Å². The molecule has 1 aromatic carbocycles. The summed E-state index contributed by atoms with van der Waals surface area (Å²) < 4.78 is 2.13. The molecule has 0 aliphatic heterocycles. The van der Waals surface area contributed by atoms with E-state index in [0.29, 0.717) is 0 Å². The van der Waals surface area contributed by atoms with Crippen molar-refractivity contribution in [2.45, 2.75) is 123 Å². The lowest BCUT2D eigenvalue weighted by molar-refractivity contribution is 0.531. The van der Waals surface area contributed by atoms with Crippen LogP contribution in [0.1, 0.15) is 120 Å². The first-order valence-electron chi connectivity index (χ1n) is 14.3. The van der Waals surface area contributed by atoms with Crippen LogP contribution in [0.3, 0.4) is 0 Å². The molecule has 0 amide bonds. The molecular weight excluding hydrogens is 428 g/mol. The Hall–Kier alpha value is -2.36. The smallest absolute Gasteiger partial charge is 0.105 e. The molecule has 0 radical (unpaired) electrons. The van der Waals surface area contributed by atoms with E-state index in [2.05, 4.69) is 50.7 Å². The summed E-state index contributed by atoms with van der Waals surface area (Å²) in [6.07, 6.45) is 30.1. The van der Waals surface area contributed by atoms with E-state index in [4.69, 9.17) is 0 Å². The summed E-state index contributed by atoms with van der Waals surface area (Å²) in [6.45, 7) is 5.22. The first-order chi connectivity index (χ1) is 17.3. The summed E-state index contributed by atoms with van der Waals surface area (Å²) in [5.74, 6) is 2.21. The number of imidazole rings is 2. The number of aromatic amines is 1. The van der Waals surface area contributed by atoms with E-state index in [1.54, 1.807) is 0 Å². The second-order valence-electron chi connectivity index (χ2n) is 9.82. The second-order valence-corrected chi connectivity index (χ2v) is 9.82. The van der Waals surface area contributed by atoms with Crippen LogP contribution in [0.4, 0.5) is 0 Å². The van der Waals surface area contributed by atoms with Crippen molar-refractivity contribution in [3.63, 3.8) is 0 Å². The fraction of sp³-hybridized carbons (Fsp3) is 0.613. The highest BCUT2D eigenvalue weighted by Gasteiger charge is 1.97. The molecule has 3 rings (SSSR count). The van der Waals surface area contributed by atoms with Crippen LogP contribution >= 0.6 is 0 Å². The number of unbranched alkanes of at least 4 members (excludes halogenated alkanes) is 14. The van der Waals surface area contributed by atoms with Crippen LogP contribution in [0.5, 0.6) is 0 Å². The van der Waals surface area contributed by atoms with E-state index in [1.807, 2.05) is 37.8 Å². The molecule has 0 fully saturated rings. The quantitative estimate of drug-likeness (QED) is 0.185. The van der Waals surface area contributed by atoms with E-state index in [9.17, 15) is 0 Å². The highest BCUT2D eigenvalue weighted by molar-refractivity contribution is 5.15. The van der Waals surface area contributed by atoms with Crippen LogP contribution in [-0.4, -0.2) is 19.5 Å². The first kappa shape index (κ1) is 28.9. The summed E-state index contributed by atoms with van der Waals surface area (Å²) in [7, 11) is 0. The number of hydrogen-bond acceptors (Lipinski definition) is 2. The zero-order valence-corrected chi connectivity index (χ0v) is 22.6. The highest BCUT2D eigenvalue weighted by Crippen LogP contribution is 2.13. The van der Waals surface area contributed by atoms with Gasteiger partial charge in [-0.25, -0.2) is 9.97 Å². The lowest BCUT2D eigenvalue weighted by atomic mass is 10.0. The van der Waals surface area contributed by atoms with Crippen LogP contribution < -0.4 is 0 Å². The molecule has 0 bridgehead atoms. The van der Waals surface area contributed by atoms with Gasteiger partial charge < -0.3 is 9.55 Å². The highest BCUT2D eigenvalue weighted by atomic mass is 15.0. The molecular formula is C31H50N4. The van der Waals surface area contributed by atoms with Gasteiger partial charge in [-0.1, -0.05) is 127 Å². The second kappa shape index (κ2) is 19.9. The largest absolute Gasteiger partial charge is 0.349 e. The van der Waals surface area contributed by atoms with Crippen molar-refractivity contribution >= 4 is 0 Å². The average Bonchev–Trinajstić information content (AvgIpc) is 3.55. The van der Waals surface area contributed by atoms with Gasteiger partial charge >= 0.3 is 0 Å². The molecule has 0 saturated carbocycles. The van der Waals surface area contributed by atoms with Gasteiger partial charge in [-0.3, -0.25) is 0 Å². The maximum atomic E-state index is 4.26. The number of hydrogen-bond donors (Lipinski definition) is 1. The van der Waals surface area contributed by atoms with E-state index in [0.717, 1.165) is 24.6 Å². The number of nitrogens with one attached hydrogen (secondary N) is 1. The third-order valence-corrected chi connectivity index (χ3v) is 6.69. The van der Waals surface area contributed by atoms with Crippen molar-refractivity contribution in [2.75, 3.05) is 0 Å². The Morgan fingerprint density at radius 1 is 0.686 bits per heavy atom. The zero-order valence-electron chi connectivity index (χ0n) is 22.6. The normalized spacial score (nSPS) is 10.8. The van der Waals surface area contributed by atoms with Crippen molar-refractivity contribution in [3.05, 3.63) is 72.3 Å². The van der Waals surface area contributed by atoms with Gasteiger partial charge in [0.2, 0.25) is 0 Å². The summed E-state index contributed by atoms with van der Waals surface area (Å²) in [5, 5.41) is 0. The molecule has 3 aromatic rings. The number of rotatable bonds is 18. The Kier molecular flexibility index (Phi) is 16.4. The van der Waals surface area contributed by atoms with Crippen LogP contribution in [0.25, 0.3) is 0 Å². The monoisotopic (exact) mass is 478 g/mol. The molecule has 4 nitrogen and oxygen atoms in total. The molecule has 0 spiro atoms. The minimum Gasteiger partial charge on any atom is -0.349 e. The van der Waals surface area contributed by atoms with Gasteiger partial charge in [0.05, 0.1) is 0 Å². The molecule has 0 unspecified atom stereocenters. The minimum atomic E-state index is 0.909. The predicted molar refractivity (Wildman–Crippen MR) is 150 cm³/mol. The Morgan fingerprint density at radius 2 is 1.26 bits per heavy atom. The van der Waals surface area contributed by atoms with Crippen molar-refractivity contribution in [1.29, 1.82) is 0 Å². The lowest BCUT2D eigenvalue weighted by Crippen LogP contribution is -1.99. The van der Waals surface area contributed by atoms with Crippen molar-refractivity contribution in [1.82, 2.24) is 19.5 Å². The topological polar surface area (TPSA) is 46.5 Å². The fourth-order valence-electron chi connectivity index (χ4n) is 4.45. The molecule has 0 saturated heterocycles. The molecule has 2 aromatic heterocycles. The van der Waals surface area contributed by atoms with Crippen molar-refractivity contribution in [2.24, 2.45) is 0 Å². The molecule has 194 valence electrons. The van der Waals surface area contributed by atoms with Crippen LogP contribution in [0.2, 0.25) is 0 Å². The van der Waals surface area contributed by atoms with Crippen molar-refractivity contribution in [3.8, 4) is 0 Å². The van der Waals surface area contributed by atoms with Gasteiger partial charge in [0.1, 0.15) is 11.6 Å². The van der Waals surface area contributed by atoms with Gasteiger partial charge in [0.15, 0.2) is 0 Å². The van der Waals surface area contributed by atoms with Crippen LogP contribution in [0, 0.1) is 6.92 Å². The standard InChI is InChI=1S/C20H38N2.C11H12N2/c1-2-3-4-5-6-7-8-9-10-11-12-13-14-15-16-17-20-21-18-19-22-20;1-10-12-7-8-13(10)9-11-5-3-2-4-6-11/h18-19H,2-17H2,1H3,(H,21,22);2-8H,9H2,1H3. The molecule has 2 heterocycles. The van der Waals surface area contributed by atoms with E-state index < -0.39 is 0 Å². The lowest BCUT2D eigenvalue weighted by Gasteiger charge is -2.03. The summed E-state index contributed by atoms with van der Waals surface area (Å²) in [4.78, 5) is 11.6. The third-order valence-electron chi connectivity index (χ3n) is 6.69. The van der Waals surface area contributed by atoms with E-state index in [1.165, 1.54) is 102 Å². The molecule has 0 atom stereocenters. The number of H-pyrrole nitrogens is 1. The molecule has 0 aliphatic carbocycles. The van der Waals surface area contributed by atoms with Gasteiger partial charge in [0.25, 0.3) is 0 Å². The molecule has 1 N–H and O–H groups in total. The number of nitrogens with zero attached hydrogens (tertiary/aromatic N) is 3. The van der Waals surface area contributed by atoms with Crippen molar-refractivity contribution < 1.29 is 0 Å². The maximum absolute atomic E-state index is 4.26. The summed E-state index contributed by atoms with van der Waals surface area (Å²) in [5.41, 5.74) is 1.31. The van der Waals surface area contributed by atoms with Gasteiger partial charge in [-0.05, 0) is 18.9 Å². The summed E-state index contributed by atoms with van der Waals surface area (Å²) in [6, 6.07) is 10.4. The number of aromatic nitrogens is 4. The fourth-order valence-corrected chi connectivity index (χ4v) is 4.45. The summed E-state index contributed by atoms with van der Waals surface area (Å²) >= 11 is 0. The zero-order chi connectivity index (χ0) is 24.8. The average molecular weight is 479 g/mol. The Balaban J connectivity index is 0.000000279. The Labute approximate surface area is 215 Å². The van der Waals surface area contributed by atoms with Crippen LogP contribution in [0.15, 0.2) is 55.1 Å². The number of benzene rings is 1. The Bertz CT molecular complexity index is 823.